The maximum atomic E-state index is 5.79. The molecular weight excluding hydrogens is 294 g/mol. The Labute approximate surface area is 117 Å². The van der Waals surface area contributed by atoms with Gasteiger partial charge < -0.3 is 15.2 Å². The van der Waals surface area contributed by atoms with Crippen LogP contribution in [0, 0.1) is 0 Å². The van der Waals surface area contributed by atoms with E-state index in [9.17, 15) is 0 Å². The number of halogens is 1. The van der Waals surface area contributed by atoms with Gasteiger partial charge in [-0.2, -0.15) is 0 Å². The predicted molar refractivity (Wildman–Crippen MR) is 76.5 cm³/mol. The van der Waals surface area contributed by atoms with Gasteiger partial charge >= 0.3 is 0 Å². The van der Waals surface area contributed by atoms with Crippen molar-refractivity contribution in [2.75, 3.05) is 19.8 Å². The van der Waals surface area contributed by atoms with Crippen LogP contribution in [-0.2, 0) is 12.8 Å². The van der Waals surface area contributed by atoms with Crippen molar-refractivity contribution in [1.82, 2.24) is 0 Å². The highest BCUT2D eigenvalue weighted by Gasteiger charge is 2.21. The SMILES string of the molecule is CCc1c(CCCCN)cc(Br)c2c1OCCO2. The molecule has 18 heavy (non-hydrogen) atoms. The van der Waals surface area contributed by atoms with Crippen molar-refractivity contribution < 1.29 is 9.47 Å². The second-order valence-corrected chi connectivity index (χ2v) is 5.30. The first-order chi connectivity index (χ1) is 8.77. The van der Waals surface area contributed by atoms with Crippen LogP contribution in [0.2, 0.25) is 0 Å². The van der Waals surface area contributed by atoms with E-state index in [1.807, 2.05) is 0 Å². The van der Waals surface area contributed by atoms with E-state index < -0.39 is 0 Å². The van der Waals surface area contributed by atoms with Gasteiger partial charge in [0.1, 0.15) is 13.2 Å². The zero-order valence-electron chi connectivity index (χ0n) is 10.8. The Morgan fingerprint density at radius 3 is 2.61 bits per heavy atom. The minimum atomic E-state index is 0.626. The second kappa shape index (κ2) is 6.43. The van der Waals surface area contributed by atoms with Gasteiger partial charge in [-0.05, 0) is 59.8 Å². The third-order valence-electron chi connectivity index (χ3n) is 3.22. The first-order valence-electron chi connectivity index (χ1n) is 6.57. The molecule has 4 heteroatoms. The van der Waals surface area contributed by atoms with Crippen molar-refractivity contribution in [3.8, 4) is 11.5 Å². The zero-order valence-corrected chi connectivity index (χ0v) is 12.4. The van der Waals surface area contributed by atoms with Crippen LogP contribution in [0.5, 0.6) is 11.5 Å². The molecule has 0 aliphatic carbocycles. The second-order valence-electron chi connectivity index (χ2n) is 4.45. The Kier molecular flexibility index (Phi) is 4.89. The van der Waals surface area contributed by atoms with Crippen LogP contribution < -0.4 is 15.2 Å². The topological polar surface area (TPSA) is 44.5 Å². The van der Waals surface area contributed by atoms with E-state index in [0.29, 0.717) is 13.2 Å². The monoisotopic (exact) mass is 313 g/mol. The average molecular weight is 314 g/mol. The molecular formula is C14H20BrNO2. The van der Waals surface area contributed by atoms with E-state index in [0.717, 1.165) is 48.2 Å². The fraction of sp³-hybridized carbons (Fsp3) is 0.571. The molecule has 0 saturated heterocycles. The molecule has 0 saturated carbocycles. The van der Waals surface area contributed by atoms with Crippen molar-refractivity contribution in [3.63, 3.8) is 0 Å². The minimum absolute atomic E-state index is 0.626. The Bertz CT molecular complexity index is 421. The minimum Gasteiger partial charge on any atom is -0.486 e. The Balaban J connectivity index is 2.31. The van der Waals surface area contributed by atoms with Gasteiger partial charge in [0.25, 0.3) is 0 Å². The number of benzene rings is 1. The van der Waals surface area contributed by atoms with E-state index in [4.69, 9.17) is 15.2 Å². The van der Waals surface area contributed by atoms with Gasteiger partial charge in [-0.3, -0.25) is 0 Å². The Hall–Kier alpha value is -0.740. The van der Waals surface area contributed by atoms with E-state index in [2.05, 4.69) is 28.9 Å². The molecule has 1 aliphatic rings. The fourth-order valence-electron chi connectivity index (χ4n) is 2.34. The summed E-state index contributed by atoms with van der Waals surface area (Å²) in [5.41, 5.74) is 8.18. The number of ether oxygens (including phenoxy) is 2. The first-order valence-corrected chi connectivity index (χ1v) is 7.37. The van der Waals surface area contributed by atoms with Crippen molar-refractivity contribution in [2.24, 2.45) is 5.73 Å². The third kappa shape index (κ3) is 2.81. The van der Waals surface area contributed by atoms with Crippen molar-refractivity contribution in [1.29, 1.82) is 0 Å². The van der Waals surface area contributed by atoms with Crippen molar-refractivity contribution in [2.45, 2.75) is 32.6 Å². The summed E-state index contributed by atoms with van der Waals surface area (Å²) in [6.45, 7) is 4.18. The van der Waals surface area contributed by atoms with Gasteiger partial charge in [0.05, 0.1) is 4.47 Å². The molecule has 0 spiro atoms. The molecule has 0 amide bonds. The van der Waals surface area contributed by atoms with Crippen LogP contribution >= 0.6 is 15.9 Å². The summed E-state index contributed by atoms with van der Waals surface area (Å²) in [4.78, 5) is 0. The average Bonchev–Trinajstić information content (AvgIpc) is 2.39. The number of aryl methyl sites for hydroxylation is 1. The lowest BCUT2D eigenvalue weighted by Crippen LogP contribution is -2.18. The number of hydrogen-bond donors (Lipinski definition) is 1. The molecule has 100 valence electrons. The van der Waals surface area contributed by atoms with Gasteiger partial charge in [0, 0.05) is 5.56 Å². The Morgan fingerprint density at radius 2 is 1.94 bits per heavy atom. The summed E-state index contributed by atoms with van der Waals surface area (Å²) < 4.78 is 12.5. The van der Waals surface area contributed by atoms with Crippen LogP contribution in [0.3, 0.4) is 0 Å². The number of hydrogen-bond acceptors (Lipinski definition) is 3. The van der Waals surface area contributed by atoms with Gasteiger partial charge in [-0.25, -0.2) is 0 Å². The molecule has 0 atom stereocenters. The lowest BCUT2D eigenvalue weighted by molar-refractivity contribution is 0.168. The quantitative estimate of drug-likeness (QED) is 0.850. The zero-order chi connectivity index (χ0) is 13.0. The van der Waals surface area contributed by atoms with Crippen molar-refractivity contribution in [3.05, 3.63) is 21.7 Å². The van der Waals surface area contributed by atoms with Crippen LogP contribution in [0.25, 0.3) is 0 Å². The van der Waals surface area contributed by atoms with Gasteiger partial charge in [0.15, 0.2) is 11.5 Å². The summed E-state index contributed by atoms with van der Waals surface area (Å²) in [5.74, 6) is 1.79. The fourth-order valence-corrected chi connectivity index (χ4v) is 2.91. The Morgan fingerprint density at radius 1 is 1.22 bits per heavy atom. The van der Waals surface area contributed by atoms with Gasteiger partial charge in [-0.1, -0.05) is 6.92 Å². The van der Waals surface area contributed by atoms with Crippen LogP contribution in [-0.4, -0.2) is 19.8 Å². The van der Waals surface area contributed by atoms with Gasteiger partial charge in [0.2, 0.25) is 0 Å². The highest BCUT2D eigenvalue weighted by Crippen LogP contribution is 2.42. The third-order valence-corrected chi connectivity index (χ3v) is 3.80. The van der Waals surface area contributed by atoms with Crippen LogP contribution in [0.4, 0.5) is 0 Å². The molecule has 1 aromatic rings. The lowest BCUT2D eigenvalue weighted by atomic mass is 9.98. The van der Waals surface area contributed by atoms with E-state index in [1.165, 1.54) is 11.1 Å². The summed E-state index contributed by atoms with van der Waals surface area (Å²) in [7, 11) is 0. The molecule has 0 radical (unpaired) electrons. The predicted octanol–water partition coefficient (Wildman–Crippen LogP) is 3.06. The highest BCUT2D eigenvalue weighted by atomic mass is 79.9. The standard InChI is InChI=1S/C14H20BrNO2/c1-2-11-10(5-3-4-6-16)9-12(15)14-13(11)17-7-8-18-14/h9H,2-8,16H2,1H3. The molecule has 1 aromatic carbocycles. The normalized spacial score (nSPS) is 13.7. The van der Waals surface area contributed by atoms with E-state index in [1.54, 1.807) is 0 Å². The molecule has 1 heterocycles. The maximum Gasteiger partial charge on any atom is 0.175 e. The molecule has 0 unspecified atom stereocenters. The number of nitrogens with two attached hydrogens (primary N) is 1. The van der Waals surface area contributed by atoms with Crippen molar-refractivity contribution >= 4 is 15.9 Å². The summed E-state index contributed by atoms with van der Waals surface area (Å²) in [6.07, 6.45) is 4.21. The van der Waals surface area contributed by atoms with E-state index in [-0.39, 0.29) is 0 Å². The number of unbranched alkanes of at least 4 members (excludes halogenated alkanes) is 1. The van der Waals surface area contributed by atoms with Gasteiger partial charge in [-0.15, -0.1) is 0 Å². The maximum absolute atomic E-state index is 5.79. The first kappa shape index (κ1) is 13.7. The lowest BCUT2D eigenvalue weighted by Gasteiger charge is -2.24. The summed E-state index contributed by atoms with van der Waals surface area (Å²) in [6, 6.07) is 2.17. The molecule has 3 nitrogen and oxygen atoms in total. The largest absolute Gasteiger partial charge is 0.486 e. The van der Waals surface area contributed by atoms with Crippen LogP contribution in [0.1, 0.15) is 30.9 Å². The summed E-state index contributed by atoms with van der Waals surface area (Å²) >= 11 is 3.58. The molecule has 0 bridgehead atoms. The molecule has 0 fully saturated rings. The molecule has 2 N–H and O–H groups in total. The molecule has 1 aliphatic heterocycles. The smallest absolute Gasteiger partial charge is 0.175 e. The van der Waals surface area contributed by atoms with Crippen LogP contribution in [0.15, 0.2) is 10.5 Å². The van der Waals surface area contributed by atoms with E-state index >= 15 is 0 Å². The highest BCUT2D eigenvalue weighted by molar-refractivity contribution is 9.10. The molecule has 2 rings (SSSR count). The number of rotatable bonds is 5. The summed E-state index contributed by atoms with van der Waals surface area (Å²) in [5, 5.41) is 0. The number of fused-ring (bicyclic) bond motifs is 1. The molecule has 0 aromatic heterocycles.